The molecule has 1 aliphatic heterocycles. The predicted molar refractivity (Wildman–Crippen MR) is 97.0 cm³/mol. The first kappa shape index (κ1) is 15.4. The summed E-state index contributed by atoms with van der Waals surface area (Å²) in [6, 6.07) is 6.90. The Labute approximate surface area is 146 Å². The van der Waals surface area contributed by atoms with Crippen molar-refractivity contribution in [3.05, 3.63) is 70.8 Å². The molecule has 0 unspecified atom stereocenters. The number of aryl methyl sites for hydroxylation is 1. The van der Waals surface area contributed by atoms with Gasteiger partial charge >= 0.3 is 0 Å². The maximum atomic E-state index is 12.9. The van der Waals surface area contributed by atoms with Crippen LogP contribution in [0.15, 0.2) is 48.4 Å². The largest absolute Gasteiger partial charge is 0.508 e. The highest BCUT2D eigenvalue weighted by molar-refractivity contribution is 6.24. The fourth-order valence-electron chi connectivity index (χ4n) is 3.47. The standard InChI is InChI=1S/C20H19N3O2/c1-22-10-8-14-12-23(2)19-18(14)17(22)11-16(20(19)25)21-9-7-13-3-5-15(24)6-4-13/h3-7,9,11-12H,8,10H2,1-2H3,(H,24,25)/p+1. The highest BCUT2D eigenvalue weighted by Gasteiger charge is 2.36. The van der Waals surface area contributed by atoms with E-state index in [1.165, 1.54) is 5.56 Å². The number of hydrogen-bond donors (Lipinski definition) is 2. The van der Waals surface area contributed by atoms with E-state index >= 15 is 0 Å². The minimum absolute atomic E-state index is 0.0122. The number of phenols is 1. The van der Waals surface area contributed by atoms with Gasteiger partial charge in [-0.05, 0) is 29.3 Å². The summed E-state index contributed by atoms with van der Waals surface area (Å²) in [4.78, 5) is 12.9. The van der Waals surface area contributed by atoms with Crippen LogP contribution < -0.4 is 5.32 Å². The van der Waals surface area contributed by atoms with Crippen molar-refractivity contribution in [3.63, 3.8) is 0 Å². The van der Waals surface area contributed by atoms with Crippen molar-refractivity contribution >= 4 is 17.6 Å². The van der Waals surface area contributed by atoms with Crippen molar-refractivity contribution < 1.29 is 14.5 Å². The molecular weight excluding hydrogens is 314 g/mol. The lowest BCUT2D eigenvalue weighted by Crippen LogP contribution is -2.33. The van der Waals surface area contributed by atoms with Crippen LogP contribution in [0.2, 0.25) is 0 Å². The van der Waals surface area contributed by atoms with E-state index in [-0.39, 0.29) is 11.5 Å². The van der Waals surface area contributed by atoms with Gasteiger partial charge < -0.3 is 15.0 Å². The first-order chi connectivity index (χ1) is 12.0. The summed E-state index contributed by atoms with van der Waals surface area (Å²) in [6.07, 6.45) is 8.60. The molecule has 1 aliphatic carbocycles. The van der Waals surface area contributed by atoms with Crippen molar-refractivity contribution in [1.82, 2.24) is 9.88 Å². The van der Waals surface area contributed by atoms with Crippen molar-refractivity contribution in [2.24, 2.45) is 7.05 Å². The van der Waals surface area contributed by atoms with Crippen molar-refractivity contribution in [1.29, 1.82) is 0 Å². The highest BCUT2D eigenvalue weighted by atomic mass is 16.3. The zero-order chi connectivity index (χ0) is 17.6. The van der Waals surface area contributed by atoms with Gasteiger partial charge in [-0.2, -0.15) is 0 Å². The van der Waals surface area contributed by atoms with Crippen LogP contribution in [0.5, 0.6) is 5.75 Å². The number of nitrogens with one attached hydrogen (secondary N) is 1. The van der Waals surface area contributed by atoms with Gasteiger partial charge in [-0.15, -0.1) is 0 Å². The first-order valence-electron chi connectivity index (χ1n) is 8.30. The SMILES string of the molecule is Cn1cc2c3c1C(=O)C(NC=Cc1ccc(O)cc1)=CC3=[N+](C)CC2. The Morgan fingerprint density at radius 1 is 1.28 bits per heavy atom. The number of benzene rings is 1. The van der Waals surface area contributed by atoms with Crippen molar-refractivity contribution in [2.75, 3.05) is 13.6 Å². The summed E-state index contributed by atoms with van der Waals surface area (Å²) in [5.41, 5.74) is 5.68. The highest BCUT2D eigenvalue weighted by Crippen LogP contribution is 2.28. The molecule has 4 rings (SSSR count). The van der Waals surface area contributed by atoms with Crippen LogP contribution in [0, 0.1) is 0 Å². The summed E-state index contributed by atoms with van der Waals surface area (Å²) in [5.74, 6) is 0.247. The molecule has 0 bridgehead atoms. The Bertz CT molecular complexity index is 960. The third-order valence-electron chi connectivity index (χ3n) is 4.79. The van der Waals surface area contributed by atoms with Gasteiger partial charge in [0.1, 0.15) is 25.0 Å². The Balaban J connectivity index is 1.65. The maximum Gasteiger partial charge on any atom is 0.226 e. The lowest BCUT2D eigenvalue weighted by Gasteiger charge is -2.18. The van der Waals surface area contributed by atoms with Crippen LogP contribution in [-0.2, 0) is 13.5 Å². The number of phenolic OH excluding ortho intramolecular Hbond substituents is 1. The van der Waals surface area contributed by atoms with Crippen LogP contribution in [0.1, 0.15) is 27.2 Å². The molecule has 1 aromatic carbocycles. The Morgan fingerprint density at radius 2 is 2.04 bits per heavy atom. The Hall–Kier alpha value is -3.08. The van der Waals surface area contributed by atoms with Gasteiger partial charge in [0.2, 0.25) is 11.5 Å². The zero-order valence-electron chi connectivity index (χ0n) is 14.3. The van der Waals surface area contributed by atoms with Crippen molar-refractivity contribution in [2.45, 2.75) is 6.42 Å². The summed E-state index contributed by atoms with van der Waals surface area (Å²) >= 11 is 0. The second-order valence-corrected chi connectivity index (χ2v) is 6.50. The summed E-state index contributed by atoms with van der Waals surface area (Å²) in [7, 11) is 3.99. The van der Waals surface area contributed by atoms with Crippen molar-refractivity contribution in [3.8, 4) is 5.75 Å². The predicted octanol–water partition coefficient (Wildman–Crippen LogP) is 2.06. The van der Waals surface area contributed by atoms with Gasteiger partial charge in [-0.3, -0.25) is 4.79 Å². The molecule has 0 atom stereocenters. The molecule has 2 N–H and O–H groups in total. The minimum Gasteiger partial charge on any atom is -0.508 e. The third-order valence-corrected chi connectivity index (χ3v) is 4.79. The lowest BCUT2D eigenvalue weighted by atomic mass is 9.92. The average molecular weight is 334 g/mol. The monoisotopic (exact) mass is 334 g/mol. The lowest BCUT2D eigenvalue weighted by molar-refractivity contribution is -0.497. The molecule has 1 aromatic heterocycles. The maximum absolute atomic E-state index is 12.9. The molecule has 0 fully saturated rings. The number of likely N-dealkylation sites (N-methyl/N-ethyl adjacent to an activating group) is 1. The number of Topliss-reactive ketones (excluding diaryl/α,β-unsaturated/α-hetero) is 1. The molecule has 5 nitrogen and oxygen atoms in total. The number of carbonyl (C=O) groups is 1. The van der Waals surface area contributed by atoms with Gasteiger partial charge in [-0.1, -0.05) is 12.1 Å². The normalized spacial score (nSPS) is 16.2. The van der Waals surface area contributed by atoms with E-state index in [2.05, 4.69) is 23.1 Å². The molecule has 2 heterocycles. The molecule has 2 aliphatic rings. The second-order valence-electron chi connectivity index (χ2n) is 6.50. The molecule has 0 saturated carbocycles. The van der Waals surface area contributed by atoms with E-state index in [1.54, 1.807) is 18.3 Å². The van der Waals surface area contributed by atoms with E-state index < -0.39 is 0 Å². The third kappa shape index (κ3) is 2.58. The molecule has 0 spiro atoms. The number of nitrogens with zero attached hydrogens (tertiary/aromatic N) is 2. The molecule has 0 radical (unpaired) electrons. The van der Waals surface area contributed by atoms with Gasteiger partial charge in [-0.25, -0.2) is 4.58 Å². The van der Waals surface area contributed by atoms with Crippen LogP contribution in [-0.4, -0.2) is 39.3 Å². The molecule has 126 valence electrons. The van der Waals surface area contributed by atoms with E-state index in [9.17, 15) is 9.90 Å². The van der Waals surface area contributed by atoms with Gasteiger partial charge in [0.25, 0.3) is 0 Å². The molecule has 25 heavy (non-hydrogen) atoms. The Kier molecular flexibility index (Phi) is 3.57. The smallest absolute Gasteiger partial charge is 0.226 e. The number of aromatic hydroxyl groups is 1. The quantitative estimate of drug-likeness (QED) is 0.845. The van der Waals surface area contributed by atoms with E-state index in [0.29, 0.717) is 5.70 Å². The number of ketones is 1. The van der Waals surface area contributed by atoms with E-state index in [1.807, 2.05) is 35.9 Å². The first-order valence-corrected chi connectivity index (χ1v) is 8.30. The number of allylic oxidation sites excluding steroid dienone is 2. The van der Waals surface area contributed by atoms with Gasteiger partial charge in [0, 0.05) is 31.9 Å². The van der Waals surface area contributed by atoms with Crippen LogP contribution >= 0.6 is 0 Å². The fraction of sp³-hybridized carbons (Fsp3) is 0.200. The zero-order valence-corrected chi connectivity index (χ0v) is 14.3. The number of hydrogen-bond acceptors (Lipinski definition) is 3. The molecule has 0 saturated heterocycles. The second kappa shape index (κ2) is 5.77. The van der Waals surface area contributed by atoms with Crippen LogP contribution in [0.4, 0.5) is 0 Å². The summed E-state index contributed by atoms with van der Waals surface area (Å²) in [5, 5.41) is 12.5. The fourth-order valence-corrected chi connectivity index (χ4v) is 3.47. The van der Waals surface area contributed by atoms with Gasteiger partial charge in [0.05, 0.1) is 11.3 Å². The van der Waals surface area contributed by atoms with E-state index in [4.69, 9.17) is 0 Å². The van der Waals surface area contributed by atoms with Crippen LogP contribution in [0.3, 0.4) is 0 Å². The number of rotatable bonds is 3. The molecule has 2 aromatic rings. The number of carbonyl (C=O) groups excluding carboxylic acids is 1. The topological polar surface area (TPSA) is 57.3 Å². The van der Waals surface area contributed by atoms with Gasteiger partial charge in [0.15, 0.2) is 0 Å². The molecule has 5 heteroatoms. The average Bonchev–Trinajstić information content (AvgIpc) is 2.93. The molecular formula is C20H20N3O2+. The summed E-state index contributed by atoms with van der Waals surface area (Å²) in [6.45, 7) is 0.951. The minimum atomic E-state index is 0.0122. The van der Waals surface area contributed by atoms with E-state index in [0.717, 1.165) is 35.5 Å². The summed E-state index contributed by atoms with van der Waals surface area (Å²) < 4.78 is 4.13. The molecule has 0 amide bonds. The number of aromatic nitrogens is 1. The Morgan fingerprint density at radius 3 is 2.80 bits per heavy atom. The van der Waals surface area contributed by atoms with Crippen LogP contribution in [0.25, 0.3) is 6.08 Å².